The molecule has 2 aliphatic rings. The van der Waals surface area contributed by atoms with E-state index in [0.717, 1.165) is 31.7 Å². The number of nitrogens with one attached hydrogen (secondary N) is 1. The van der Waals surface area contributed by atoms with Crippen LogP contribution in [0.5, 0.6) is 0 Å². The summed E-state index contributed by atoms with van der Waals surface area (Å²) in [6, 6.07) is 1.82. The van der Waals surface area contributed by atoms with Crippen LogP contribution in [0.25, 0.3) is 0 Å². The Bertz CT molecular complexity index is 382. The fourth-order valence-electron chi connectivity index (χ4n) is 3.38. The van der Waals surface area contributed by atoms with Crippen molar-refractivity contribution >= 4 is 6.09 Å². The van der Waals surface area contributed by atoms with E-state index in [1.54, 1.807) is 4.90 Å². The summed E-state index contributed by atoms with van der Waals surface area (Å²) in [7, 11) is 3.84. The van der Waals surface area contributed by atoms with Crippen molar-refractivity contribution < 1.29 is 9.53 Å². The summed E-state index contributed by atoms with van der Waals surface area (Å²) in [5.74, 6) is 0. The monoisotopic (exact) mass is 388 g/mol. The van der Waals surface area contributed by atoms with Crippen LogP contribution in [0.3, 0.4) is 0 Å². The molecule has 0 radical (unpaired) electrons. The summed E-state index contributed by atoms with van der Waals surface area (Å²) in [5.41, 5.74) is 11.1. The minimum atomic E-state index is -0.420. The predicted octanol–water partition coefficient (Wildman–Crippen LogP) is 3.87. The number of ether oxygens (including phenoxy) is 1. The van der Waals surface area contributed by atoms with Gasteiger partial charge < -0.3 is 26.4 Å². The van der Waals surface area contributed by atoms with Gasteiger partial charge in [-0.25, -0.2) is 4.79 Å². The molecule has 0 bridgehead atoms. The van der Waals surface area contributed by atoms with Gasteiger partial charge in [-0.05, 0) is 79.2 Å². The van der Waals surface area contributed by atoms with Gasteiger partial charge in [0.05, 0.1) is 0 Å². The van der Waals surface area contributed by atoms with E-state index >= 15 is 0 Å². The lowest BCUT2D eigenvalue weighted by molar-refractivity contribution is 0.0183. The molecule has 164 valence electrons. The third-order valence-electron chi connectivity index (χ3n) is 5.15. The molecule has 2 rings (SSSR count). The predicted molar refractivity (Wildman–Crippen MR) is 117 cm³/mol. The molecule has 1 amide bonds. The summed E-state index contributed by atoms with van der Waals surface area (Å²) in [6.45, 7) is 5.65. The lowest BCUT2D eigenvalue weighted by Crippen LogP contribution is -2.44. The standard InChI is InChI=1S/C12H24N2O2.C7H16N2.2CH4/c1-12(2,3)16-11(15)14(4)10-7-5-9(13)6-8-10;1-9-7-4-2-6(8)3-5-7;;/h9-10H,5-8,13H2,1-4H3;6-7,9H,2-5,8H2,1H3;2*1H4. The summed E-state index contributed by atoms with van der Waals surface area (Å²) in [5, 5.41) is 3.27. The van der Waals surface area contributed by atoms with Crippen molar-refractivity contribution in [2.75, 3.05) is 14.1 Å². The van der Waals surface area contributed by atoms with Crippen molar-refractivity contribution in [3.63, 3.8) is 0 Å². The van der Waals surface area contributed by atoms with Gasteiger partial charge in [0.1, 0.15) is 5.60 Å². The van der Waals surface area contributed by atoms with Gasteiger partial charge >= 0.3 is 6.09 Å². The SMILES string of the molecule is C.C.CN(C(=O)OC(C)(C)C)C1CCC(N)CC1.CNC1CCC(N)CC1. The first-order valence-corrected chi connectivity index (χ1v) is 9.76. The van der Waals surface area contributed by atoms with E-state index in [2.05, 4.69) is 5.32 Å². The van der Waals surface area contributed by atoms with Crippen molar-refractivity contribution in [1.82, 2.24) is 10.2 Å². The maximum Gasteiger partial charge on any atom is 0.410 e. The van der Waals surface area contributed by atoms with Gasteiger partial charge in [0.2, 0.25) is 0 Å². The van der Waals surface area contributed by atoms with Gasteiger partial charge in [0, 0.05) is 31.2 Å². The number of carbonyl (C=O) groups is 1. The second kappa shape index (κ2) is 13.3. The molecule has 2 fully saturated rings. The number of rotatable bonds is 2. The van der Waals surface area contributed by atoms with E-state index in [9.17, 15) is 4.79 Å². The van der Waals surface area contributed by atoms with Crippen molar-refractivity contribution in [3.05, 3.63) is 0 Å². The van der Waals surface area contributed by atoms with Crippen LogP contribution in [-0.4, -0.2) is 54.9 Å². The number of amides is 1. The van der Waals surface area contributed by atoms with Gasteiger partial charge in [-0.15, -0.1) is 0 Å². The zero-order valence-corrected chi connectivity index (χ0v) is 16.9. The average Bonchev–Trinajstić information content (AvgIpc) is 2.55. The summed E-state index contributed by atoms with van der Waals surface area (Å²) in [6.07, 6.45) is 8.66. The van der Waals surface area contributed by atoms with Crippen molar-refractivity contribution in [3.8, 4) is 0 Å². The molecule has 2 aliphatic carbocycles. The number of hydrogen-bond donors (Lipinski definition) is 3. The van der Waals surface area contributed by atoms with Crippen molar-refractivity contribution in [1.29, 1.82) is 0 Å². The van der Waals surface area contributed by atoms with Crippen LogP contribution >= 0.6 is 0 Å². The van der Waals surface area contributed by atoms with E-state index in [0.29, 0.717) is 12.1 Å². The highest BCUT2D eigenvalue weighted by molar-refractivity contribution is 5.68. The molecule has 0 aliphatic heterocycles. The molecule has 0 heterocycles. The van der Waals surface area contributed by atoms with Crippen LogP contribution in [0.2, 0.25) is 0 Å². The molecule has 0 unspecified atom stereocenters. The Morgan fingerprint density at radius 3 is 1.70 bits per heavy atom. The summed E-state index contributed by atoms with van der Waals surface area (Å²) in [4.78, 5) is 13.5. The Morgan fingerprint density at radius 2 is 1.33 bits per heavy atom. The first-order valence-electron chi connectivity index (χ1n) is 9.76. The molecular weight excluding hydrogens is 340 g/mol. The van der Waals surface area contributed by atoms with Gasteiger partial charge in [-0.2, -0.15) is 0 Å². The van der Waals surface area contributed by atoms with Crippen LogP contribution in [0.15, 0.2) is 0 Å². The maximum absolute atomic E-state index is 11.8. The third kappa shape index (κ3) is 11.6. The van der Waals surface area contributed by atoms with E-state index in [-0.39, 0.29) is 27.0 Å². The average molecular weight is 389 g/mol. The first-order chi connectivity index (χ1) is 11.6. The Balaban J connectivity index is 0. The summed E-state index contributed by atoms with van der Waals surface area (Å²) < 4.78 is 5.34. The molecular formula is C21H48N4O2. The Morgan fingerprint density at radius 1 is 0.926 bits per heavy atom. The molecule has 0 atom stereocenters. The Kier molecular flexibility index (Phi) is 14.0. The number of nitrogens with two attached hydrogens (primary N) is 2. The third-order valence-corrected chi connectivity index (χ3v) is 5.15. The highest BCUT2D eigenvalue weighted by Gasteiger charge is 2.28. The van der Waals surface area contributed by atoms with Crippen LogP contribution in [0.1, 0.15) is 87.0 Å². The van der Waals surface area contributed by atoms with Gasteiger partial charge in [0.25, 0.3) is 0 Å². The smallest absolute Gasteiger partial charge is 0.410 e. The largest absolute Gasteiger partial charge is 0.444 e. The number of nitrogens with zero attached hydrogens (tertiary/aromatic N) is 1. The fraction of sp³-hybridized carbons (Fsp3) is 0.952. The highest BCUT2D eigenvalue weighted by Crippen LogP contribution is 2.22. The second-order valence-corrected chi connectivity index (χ2v) is 8.56. The van der Waals surface area contributed by atoms with E-state index < -0.39 is 5.60 Å². The second-order valence-electron chi connectivity index (χ2n) is 8.56. The van der Waals surface area contributed by atoms with Gasteiger partial charge in [-0.3, -0.25) is 0 Å². The van der Waals surface area contributed by atoms with Crippen molar-refractivity contribution in [2.45, 2.75) is 117 Å². The minimum absolute atomic E-state index is 0. The zero-order valence-electron chi connectivity index (χ0n) is 16.9. The molecule has 6 heteroatoms. The fourth-order valence-corrected chi connectivity index (χ4v) is 3.38. The molecule has 6 nitrogen and oxygen atoms in total. The Labute approximate surface area is 168 Å². The normalized spacial score (nSPS) is 27.8. The van der Waals surface area contributed by atoms with Crippen LogP contribution in [0.4, 0.5) is 4.79 Å². The lowest BCUT2D eigenvalue weighted by Gasteiger charge is -2.34. The van der Waals surface area contributed by atoms with E-state index in [1.807, 2.05) is 34.9 Å². The molecule has 0 aromatic heterocycles. The van der Waals surface area contributed by atoms with E-state index in [1.165, 1.54) is 25.7 Å². The first kappa shape index (κ1) is 28.4. The molecule has 0 aromatic rings. The van der Waals surface area contributed by atoms with Crippen LogP contribution in [0, 0.1) is 0 Å². The van der Waals surface area contributed by atoms with E-state index in [4.69, 9.17) is 16.2 Å². The topological polar surface area (TPSA) is 93.6 Å². The zero-order chi connectivity index (χ0) is 19.0. The molecule has 0 saturated heterocycles. The number of carbonyl (C=O) groups excluding carboxylic acids is 1. The minimum Gasteiger partial charge on any atom is -0.444 e. The van der Waals surface area contributed by atoms with Crippen LogP contribution in [-0.2, 0) is 4.74 Å². The van der Waals surface area contributed by atoms with Crippen LogP contribution < -0.4 is 16.8 Å². The van der Waals surface area contributed by atoms with Gasteiger partial charge in [0.15, 0.2) is 0 Å². The lowest BCUT2D eigenvalue weighted by atomic mass is 9.91. The van der Waals surface area contributed by atoms with Gasteiger partial charge in [-0.1, -0.05) is 14.9 Å². The molecule has 5 N–H and O–H groups in total. The maximum atomic E-state index is 11.8. The summed E-state index contributed by atoms with van der Waals surface area (Å²) >= 11 is 0. The quantitative estimate of drug-likeness (QED) is 0.667. The molecule has 2 saturated carbocycles. The highest BCUT2D eigenvalue weighted by atomic mass is 16.6. The molecule has 0 aromatic carbocycles. The Hall–Kier alpha value is -0.850. The molecule has 0 spiro atoms. The van der Waals surface area contributed by atoms with Crippen molar-refractivity contribution in [2.24, 2.45) is 11.5 Å². The number of hydrogen-bond acceptors (Lipinski definition) is 5. The molecule has 27 heavy (non-hydrogen) atoms.